The first-order chi connectivity index (χ1) is 16.0. The zero-order valence-corrected chi connectivity index (χ0v) is 19.6. The maximum atomic E-state index is 13.0. The van der Waals surface area contributed by atoms with Crippen LogP contribution in [0.1, 0.15) is 11.1 Å². The average Bonchev–Trinajstić information content (AvgIpc) is 2.85. The molecule has 4 N–H and O–H groups in total. The minimum absolute atomic E-state index is 0.274. The lowest BCUT2D eigenvalue weighted by molar-refractivity contribution is 0.678. The molecule has 0 aliphatic rings. The third-order valence-corrected chi connectivity index (χ3v) is 7.45. The predicted octanol–water partition coefficient (Wildman–Crippen LogP) is 5.22. The summed E-state index contributed by atoms with van der Waals surface area (Å²) in [6, 6.07) is 29.7. The molecule has 0 saturated heterocycles. The monoisotopic (exact) mass is 473 g/mol. The van der Waals surface area contributed by atoms with Crippen molar-refractivity contribution >= 4 is 38.9 Å². The van der Waals surface area contributed by atoms with Crippen LogP contribution in [0.5, 0.6) is 0 Å². The number of nitrogen functional groups attached to an aromatic ring is 1. The molecule has 4 rings (SSSR count). The van der Waals surface area contributed by atoms with Gasteiger partial charge in [0.1, 0.15) is 0 Å². The van der Waals surface area contributed by atoms with Crippen LogP contribution in [0.25, 0.3) is 11.1 Å². The molecule has 0 bridgehead atoms. The van der Waals surface area contributed by atoms with Crippen LogP contribution >= 0.6 is 0 Å². The summed E-state index contributed by atoms with van der Waals surface area (Å²) in [6.07, 6.45) is 1.56. The molecule has 2 atom stereocenters. The molecule has 33 heavy (non-hydrogen) atoms. The molecule has 7 heteroatoms. The van der Waals surface area contributed by atoms with Crippen molar-refractivity contribution in [1.82, 2.24) is 0 Å². The quantitative estimate of drug-likeness (QED) is 0.253. The van der Waals surface area contributed by atoms with Crippen LogP contribution in [0.3, 0.4) is 0 Å². The Balaban J connectivity index is 1.68. The Morgan fingerprint density at radius 3 is 2.15 bits per heavy atom. The van der Waals surface area contributed by atoms with Gasteiger partial charge in [-0.2, -0.15) is 0 Å². The number of nitrogens with one attached hydrogen (secondary N) is 2. The van der Waals surface area contributed by atoms with Gasteiger partial charge in [0.2, 0.25) is 0 Å². The number of nitrogens with two attached hydrogens (primary N) is 1. The van der Waals surface area contributed by atoms with E-state index in [0.717, 1.165) is 16.7 Å². The summed E-state index contributed by atoms with van der Waals surface area (Å²) in [5, 5.41) is 8.91. The van der Waals surface area contributed by atoms with Gasteiger partial charge in [0, 0.05) is 28.8 Å². The van der Waals surface area contributed by atoms with Crippen LogP contribution in [0.4, 0.5) is 11.4 Å². The zero-order chi connectivity index (χ0) is 23.4. The molecule has 0 fully saturated rings. The van der Waals surface area contributed by atoms with Gasteiger partial charge in [0.25, 0.3) is 0 Å². The Labute approximate surface area is 198 Å². The molecule has 166 valence electrons. The van der Waals surface area contributed by atoms with Crippen molar-refractivity contribution in [3.8, 4) is 11.1 Å². The summed E-state index contributed by atoms with van der Waals surface area (Å²) < 4.78 is 28.0. The molecule has 5 nitrogen and oxygen atoms in total. The number of hydrogen-bond donors (Lipinski definition) is 3. The number of hydrogen-bond acceptors (Lipinski definition) is 4. The molecule has 4 aromatic carbocycles. The smallest absolute Gasteiger partial charge is 0.151 e. The van der Waals surface area contributed by atoms with Crippen molar-refractivity contribution in [2.45, 2.75) is 9.79 Å². The number of anilines is 2. The highest BCUT2D eigenvalue weighted by Gasteiger charge is 2.16. The van der Waals surface area contributed by atoms with E-state index in [9.17, 15) is 8.42 Å². The average molecular weight is 474 g/mol. The highest BCUT2D eigenvalue weighted by Crippen LogP contribution is 2.29. The fourth-order valence-electron chi connectivity index (χ4n) is 3.55. The van der Waals surface area contributed by atoms with Crippen LogP contribution in [0.15, 0.2) is 107 Å². The van der Waals surface area contributed by atoms with Crippen LogP contribution in [0, 0.1) is 5.41 Å². The molecular weight excluding hydrogens is 450 g/mol. The first-order valence-electron chi connectivity index (χ1n) is 10.2. The standard InChI is InChI=1S/C26H23N3O2S2/c1-32(30)24-13-7-8-14-25(24)33(31)29-19-15-16-23(27)22(17-19)26(28)21-12-6-5-11-20(21)18-9-3-2-4-10-18/h2-17,28-29H,27H2,1H3. The Bertz CT molecular complexity index is 1370. The highest BCUT2D eigenvalue weighted by molar-refractivity contribution is 7.88. The maximum absolute atomic E-state index is 13.0. The predicted molar refractivity (Wildman–Crippen MR) is 137 cm³/mol. The topological polar surface area (TPSA) is 96.0 Å². The van der Waals surface area contributed by atoms with Crippen LogP contribution in [-0.2, 0) is 21.8 Å². The minimum atomic E-state index is -1.63. The second kappa shape index (κ2) is 9.94. The van der Waals surface area contributed by atoms with Gasteiger partial charge < -0.3 is 10.5 Å². The summed E-state index contributed by atoms with van der Waals surface area (Å²) in [5.41, 5.74) is 10.7. The first kappa shape index (κ1) is 22.6. The maximum Gasteiger partial charge on any atom is 0.151 e. The Hall–Kier alpha value is -3.55. The van der Waals surface area contributed by atoms with E-state index in [1.54, 1.807) is 48.7 Å². The molecule has 0 aliphatic carbocycles. The van der Waals surface area contributed by atoms with Crippen LogP contribution < -0.4 is 10.5 Å². The van der Waals surface area contributed by atoms with E-state index >= 15 is 0 Å². The van der Waals surface area contributed by atoms with Gasteiger partial charge in [-0.1, -0.05) is 66.7 Å². The Morgan fingerprint density at radius 2 is 1.42 bits per heavy atom. The summed E-state index contributed by atoms with van der Waals surface area (Å²) in [5.74, 6) is 0. The fourth-order valence-corrected chi connectivity index (χ4v) is 5.66. The lowest BCUT2D eigenvalue weighted by Gasteiger charge is -2.15. The molecule has 0 spiro atoms. The van der Waals surface area contributed by atoms with Crippen molar-refractivity contribution in [3.05, 3.63) is 108 Å². The first-order valence-corrected chi connectivity index (χ1v) is 12.9. The Kier molecular flexibility index (Phi) is 6.82. The van der Waals surface area contributed by atoms with Gasteiger partial charge in [-0.3, -0.25) is 9.62 Å². The molecule has 2 unspecified atom stereocenters. The summed E-state index contributed by atoms with van der Waals surface area (Å²) in [4.78, 5) is 0.977. The van der Waals surface area contributed by atoms with E-state index in [-0.39, 0.29) is 5.71 Å². The molecular formula is C26H23N3O2S2. The third kappa shape index (κ3) is 4.94. The minimum Gasteiger partial charge on any atom is -0.398 e. The van der Waals surface area contributed by atoms with Crippen molar-refractivity contribution in [3.63, 3.8) is 0 Å². The lowest BCUT2D eigenvalue weighted by Crippen LogP contribution is -2.11. The van der Waals surface area contributed by atoms with E-state index < -0.39 is 21.8 Å². The fraction of sp³-hybridized carbons (Fsp3) is 0.0385. The van der Waals surface area contributed by atoms with Gasteiger partial charge in [-0.05, 0) is 41.5 Å². The lowest BCUT2D eigenvalue weighted by atomic mass is 9.92. The van der Waals surface area contributed by atoms with Crippen molar-refractivity contribution in [1.29, 1.82) is 5.41 Å². The molecule has 4 aromatic rings. The molecule has 0 aliphatic heterocycles. The van der Waals surface area contributed by atoms with Crippen LogP contribution in [0.2, 0.25) is 0 Å². The third-order valence-electron chi connectivity index (χ3n) is 5.17. The largest absolute Gasteiger partial charge is 0.398 e. The molecule has 0 radical (unpaired) electrons. The normalized spacial score (nSPS) is 12.6. The van der Waals surface area contributed by atoms with Gasteiger partial charge in [0.15, 0.2) is 11.0 Å². The number of benzene rings is 4. The molecule has 0 saturated carbocycles. The van der Waals surface area contributed by atoms with E-state index in [1.165, 1.54) is 0 Å². The molecule has 0 aromatic heterocycles. The SMILES string of the molecule is CS(=O)c1ccccc1S(=O)Nc1ccc(N)c(C(=N)c2ccccc2-c2ccccc2)c1. The molecule has 0 amide bonds. The second-order valence-electron chi connectivity index (χ2n) is 7.36. The summed E-state index contributed by atoms with van der Waals surface area (Å²) >= 11 is 0. The Morgan fingerprint density at radius 1 is 0.788 bits per heavy atom. The zero-order valence-electron chi connectivity index (χ0n) is 17.9. The van der Waals surface area contributed by atoms with E-state index in [4.69, 9.17) is 11.1 Å². The van der Waals surface area contributed by atoms with E-state index in [1.807, 2.05) is 54.6 Å². The van der Waals surface area contributed by atoms with Crippen LogP contribution in [-0.4, -0.2) is 20.4 Å². The van der Waals surface area contributed by atoms with Gasteiger partial charge >= 0.3 is 0 Å². The van der Waals surface area contributed by atoms with E-state index in [2.05, 4.69) is 4.72 Å². The van der Waals surface area contributed by atoms with Gasteiger partial charge in [-0.25, -0.2) is 4.21 Å². The summed E-state index contributed by atoms with van der Waals surface area (Å²) in [7, 11) is -2.90. The van der Waals surface area contributed by atoms with Crippen molar-refractivity contribution in [2.24, 2.45) is 0 Å². The van der Waals surface area contributed by atoms with Crippen molar-refractivity contribution < 1.29 is 8.42 Å². The van der Waals surface area contributed by atoms with Gasteiger partial charge in [0.05, 0.1) is 26.3 Å². The second-order valence-corrected chi connectivity index (χ2v) is 9.89. The molecule has 0 heterocycles. The summed E-state index contributed by atoms with van der Waals surface area (Å²) in [6.45, 7) is 0. The highest BCUT2D eigenvalue weighted by atomic mass is 32.2. The van der Waals surface area contributed by atoms with Crippen molar-refractivity contribution in [2.75, 3.05) is 16.7 Å². The number of rotatable bonds is 7. The van der Waals surface area contributed by atoms with E-state index in [0.29, 0.717) is 26.7 Å². The van der Waals surface area contributed by atoms with Gasteiger partial charge in [-0.15, -0.1) is 0 Å².